The third kappa shape index (κ3) is 4.22. The summed E-state index contributed by atoms with van der Waals surface area (Å²) >= 11 is 0. The first-order chi connectivity index (χ1) is 11.4. The van der Waals surface area contributed by atoms with E-state index >= 15 is 0 Å². The molecule has 24 heavy (non-hydrogen) atoms. The summed E-state index contributed by atoms with van der Waals surface area (Å²) in [6.07, 6.45) is 2.93. The number of benzene rings is 2. The molecule has 0 aliphatic heterocycles. The van der Waals surface area contributed by atoms with E-state index in [2.05, 4.69) is 19.9 Å². The SMILES string of the molecule is COc1cc(/C=C(\C)[C@H](C)Cc2ccc(O)c(OC)c2)ccc1O. The summed E-state index contributed by atoms with van der Waals surface area (Å²) < 4.78 is 10.3. The van der Waals surface area contributed by atoms with Gasteiger partial charge in [0.2, 0.25) is 0 Å². The van der Waals surface area contributed by atoms with Crippen molar-refractivity contribution in [2.45, 2.75) is 20.3 Å². The van der Waals surface area contributed by atoms with Crippen molar-refractivity contribution in [3.05, 3.63) is 53.1 Å². The summed E-state index contributed by atoms with van der Waals surface area (Å²) in [7, 11) is 3.09. The number of hydrogen-bond acceptors (Lipinski definition) is 4. The third-order valence-corrected chi connectivity index (χ3v) is 4.16. The van der Waals surface area contributed by atoms with Gasteiger partial charge in [-0.15, -0.1) is 0 Å². The van der Waals surface area contributed by atoms with Crippen molar-refractivity contribution < 1.29 is 19.7 Å². The summed E-state index contributed by atoms with van der Waals surface area (Å²) in [5.74, 6) is 1.56. The van der Waals surface area contributed by atoms with Gasteiger partial charge < -0.3 is 19.7 Å². The summed E-state index contributed by atoms with van der Waals surface area (Å²) in [5, 5.41) is 19.3. The molecule has 4 nitrogen and oxygen atoms in total. The lowest BCUT2D eigenvalue weighted by atomic mass is 9.93. The molecule has 0 aliphatic rings. The Hall–Kier alpha value is -2.62. The van der Waals surface area contributed by atoms with E-state index in [0.29, 0.717) is 17.4 Å². The van der Waals surface area contributed by atoms with Crippen molar-refractivity contribution in [2.75, 3.05) is 14.2 Å². The monoisotopic (exact) mass is 328 g/mol. The second kappa shape index (κ2) is 7.77. The maximum Gasteiger partial charge on any atom is 0.161 e. The van der Waals surface area contributed by atoms with Crippen LogP contribution in [-0.4, -0.2) is 24.4 Å². The third-order valence-electron chi connectivity index (χ3n) is 4.16. The van der Waals surface area contributed by atoms with E-state index in [-0.39, 0.29) is 11.5 Å². The molecule has 0 heterocycles. The van der Waals surface area contributed by atoms with Crippen molar-refractivity contribution >= 4 is 6.08 Å². The Balaban J connectivity index is 2.15. The van der Waals surface area contributed by atoms with Crippen LogP contribution in [0.15, 0.2) is 42.0 Å². The number of aromatic hydroxyl groups is 2. The van der Waals surface area contributed by atoms with Gasteiger partial charge in [-0.3, -0.25) is 0 Å². The van der Waals surface area contributed by atoms with Crippen LogP contribution in [0.3, 0.4) is 0 Å². The maximum absolute atomic E-state index is 9.68. The first-order valence-corrected chi connectivity index (χ1v) is 7.85. The van der Waals surface area contributed by atoms with E-state index < -0.39 is 0 Å². The molecule has 1 atom stereocenters. The van der Waals surface area contributed by atoms with E-state index in [1.807, 2.05) is 24.3 Å². The predicted molar refractivity (Wildman–Crippen MR) is 95.8 cm³/mol. The summed E-state index contributed by atoms with van der Waals surface area (Å²) in [4.78, 5) is 0. The minimum Gasteiger partial charge on any atom is -0.504 e. The van der Waals surface area contributed by atoms with E-state index in [9.17, 15) is 10.2 Å². The van der Waals surface area contributed by atoms with Gasteiger partial charge in [-0.1, -0.05) is 30.7 Å². The molecule has 0 aliphatic carbocycles. The maximum atomic E-state index is 9.68. The first-order valence-electron chi connectivity index (χ1n) is 7.85. The van der Waals surface area contributed by atoms with Gasteiger partial charge in [0.1, 0.15) is 0 Å². The normalized spacial score (nSPS) is 12.8. The average Bonchev–Trinajstić information content (AvgIpc) is 2.58. The molecule has 2 rings (SSSR count). The molecule has 2 aromatic rings. The molecule has 0 saturated heterocycles. The highest BCUT2D eigenvalue weighted by Gasteiger charge is 2.10. The van der Waals surface area contributed by atoms with Crippen LogP contribution in [0.25, 0.3) is 6.08 Å². The molecule has 128 valence electrons. The minimum absolute atomic E-state index is 0.136. The fraction of sp³-hybridized carbons (Fsp3) is 0.300. The smallest absolute Gasteiger partial charge is 0.161 e. The zero-order chi connectivity index (χ0) is 17.7. The number of hydrogen-bond donors (Lipinski definition) is 2. The van der Waals surface area contributed by atoms with Crippen molar-refractivity contribution in [1.29, 1.82) is 0 Å². The number of methoxy groups -OCH3 is 2. The Morgan fingerprint density at radius 1 is 1.00 bits per heavy atom. The molecular weight excluding hydrogens is 304 g/mol. The van der Waals surface area contributed by atoms with Gasteiger partial charge in [0.25, 0.3) is 0 Å². The zero-order valence-corrected chi connectivity index (χ0v) is 14.5. The van der Waals surface area contributed by atoms with Gasteiger partial charge in [0.15, 0.2) is 23.0 Å². The van der Waals surface area contributed by atoms with Crippen molar-refractivity contribution in [3.63, 3.8) is 0 Å². The van der Waals surface area contributed by atoms with Crippen LogP contribution >= 0.6 is 0 Å². The van der Waals surface area contributed by atoms with Gasteiger partial charge in [0, 0.05) is 0 Å². The van der Waals surface area contributed by atoms with Crippen LogP contribution in [0.5, 0.6) is 23.0 Å². The standard InChI is InChI=1S/C20H24O4/c1-13(9-15-5-7-17(21)19(11-15)23-3)14(2)10-16-6-8-18(22)20(12-16)24-4/h5-9,11-12,14,21-22H,10H2,1-4H3/b13-9+/t14-/m1/s1. The quantitative estimate of drug-likeness (QED) is 0.825. The van der Waals surface area contributed by atoms with E-state index in [0.717, 1.165) is 17.5 Å². The van der Waals surface area contributed by atoms with Gasteiger partial charge in [0.05, 0.1) is 14.2 Å². The molecule has 0 spiro atoms. The van der Waals surface area contributed by atoms with Crippen molar-refractivity contribution in [1.82, 2.24) is 0 Å². The topological polar surface area (TPSA) is 58.9 Å². The van der Waals surface area contributed by atoms with Crippen LogP contribution in [0.1, 0.15) is 25.0 Å². The zero-order valence-electron chi connectivity index (χ0n) is 14.5. The lowest BCUT2D eigenvalue weighted by molar-refractivity contribution is 0.372. The van der Waals surface area contributed by atoms with Crippen LogP contribution in [0.4, 0.5) is 0 Å². The second-order valence-electron chi connectivity index (χ2n) is 5.93. The van der Waals surface area contributed by atoms with E-state index in [4.69, 9.17) is 9.47 Å². The molecule has 2 N–H and O–H groups in total. The lowest BCUT2D eigenvalue weighted by Gasteiger charge is -2.14. The highest BCUT2D eigenvalue weighted by molar-refractivity contribution is 5.58. The van der Waals surface area contributed by atoms with Crippen LogP contribution < -0.4 is 9.47 Å². The molecule has 0 saturated carbocycles. The number of phenols is 2. The van der Waals surface area contributed by atoms with Crippen LogP contribution in [0, 0.1) is 5.92 Å². The number of rotatable bonds is 6. The Labute approximate surface area is 143 Å². The summed E-state index contributed by atoms with van der Waals surface area (Å²) in [5.41, 5.74) is 3.31. The summed E-state index contributed by atoms with van der Waals surface area (Å²) in [6, 6.07) is 10.7. The predicted octanol–water partition coefficient (Wildman–Crippen LogP) is 4.40. The molecule has 0 amide bonds. The van der Waals surface area contributed by atoms with Gasteiger partial charge in [-0.2, -0.15) is 0 Å². The molecule has 0 radical (unpaired) electrons. The highest BCUT2D eigenvalue weighted by Crippen LogP contribution is 2.30. The molecule has 0 unspecified atom stereocenters. The average molecular weight is 328 g/mol. The second-order valence-corrected chi connectivity index (χ2v) is 5.93. The molecule has 4 heteroatoms. The number of phenolic OH excluding ortho intramolecular Hbond substituents is 2. The van der Waals surface area contributed by atoms with E-state index in [1.54, 1.807) is 19.2 Å². The Bertz CT molecular complexity index is 734. The fourth-order valence-corrected chi connectivity index (χ4v) is 2.55. The summed E-state index contributed by atoms with van der Waals surface area (Å²) in [6.45, 7) is 4.24. The highest BCUT2D eigenvalue weighted by atomic mass is 16.5. The number of allylic oxidation sites excluding steroid dienone is 1. The van der Waals surface area contributed by atoms with Crippen molar-refractivity contribution in [3.8, 4) is 23.0 Å². The fourth-order valence-electron chi connectivity index (χ4n) is 2.55. The molecule has 0 bridgehead atoms. The van der Waals surface area contributed by atoms with Crippen LogP contribution in [0.2, 0.25) is 0 Å². The molecule has 2 aromatic carbocycles. The van der Waals surface area contributed by atoms with E-state index in [1.165, 1.54) is 12.7 Å². The van der Waals surface area contributed by atoms with Gasteiger partial charge >= 0.3 is 0 Å². The van der Waals surface area contributed by atoms with Gasteiger partial charge in [-0.25, -0.2) is 0 Å². The molecule has 0 aromatic heterocycles. The Morgan fingerprint density at radius 3 is 2.21 bits per heavy atom. The van der Waals surface area contributed by atoms with Crippen LogP contribution in [-0.2, 0) is 6.42 Å². The molecule has 0 fully saturated rings. The lowest BCUT2D eigenvalue weighted by Crippen LogP contribution is -2.01. The molecular formula is C20H24O4. The largest absolute Gasteiger partial charge is 0.504 e. The Kier molecular flexibility index (Phi) is 5.74. The Morgan fingerprint density at radius 2 is 1.58 bits per heavy atom. The number of ether oxygens (including phenoxy) is 2. The first kappa shape index (κ1) is 17.7. The van der Waals surface area contributed by atoms with Gasteiger partial charge in [-0.05, 0) is 54.7 Å². The van der Waals surface area contributed by atoms with Crippen molar-refractivity contribution in [2.24, 2.45) is 5.92 Å². The minimum atomic E-state index is 0.136.